The van der Waals surface area contributed by atoms with Crippen LogP contribution in [-0.2, 0) is 4.79 Å². The van der Waals surface area contributed by atoms with E-state index in [1.807, 2.05) is 6.92 Å². The molecule has 0 aliphatic rings. The van der Waals surface area contributed by atoms with Gasteiger partial charge in [-0.2, -0.15) is 0 Å². The van der Waals surface area contributed by atoms with E-state index in [2.05, 4.69) is 31.0 Å². The van der Waals surface area contributed by atoms with Crippen molar-refractivity contribution < 1.29 is 9.90 Å². The third-order valence-corrected chi connectivity index (χ3v) is 4.32. The number of aliphatic carboxylic acids is 1. The van der Waals surface area contributed by atoms with Gasteiger partial charge < -0.3 is 15.3 Å². The average molecular weight is 286 g/mol. The molecule has 0 fully saturated rings. The van der Waals surface area contributed by atoms with Gasteiger partial charge >= 0.3 is 5.97 Å². The molecule has 0 aromatic carbocycles. The molecule has 20 heavy (non-hydrogen) atoms. The summed E-state index contributed by atoms with van der Waals surface area (Å²) in [6, 6.07) is 0.530. The summed E-state index contributed by atoms with van der Waals surface area (Å²) in [6.45, 7) is 10.7. The fourth-order valence-corrected chi connectivity index (χ4v) is 2.62. The molecule has 0 bridgehead atoms. The minimum absolute atomic E-state index is 0.530. The van der Waals surface area contributed by atoms with Gasteiger partial charge in [-0.05, 0) is 59.7 Å². The molecule has 0 spiro atoms. The van der Waals surface area contributed by atoms with E-state index in [0.717, 1.165) is 19.5 Å². The number of hydrogen-bond donors (Lipinski definition) is 2. The molecule has 4 nitrogen and oxygen atoms in total. The first-order chi connectivity index (χ1) is 9.43. The van der Waals surface area contributed by atoms with Gasteiger partial charge in [0.2, 0.25) is 0 Å². The van der Waals surface area contributed by atoms with E-state index in [0.29, 0.717) is 18.9 Å². The predicted molar refractivity (Wildman–Crippen MR) is 85.2 cm³/mol. The van der Waals surface area contributed by atoms with E-state index in [9.17, 15) is 9.90 Å². The lowest BCUT2D eigenvalue weighted by molar-refractivity contribution is -0.145. The van der Waals surface area contributed by atoms with Crippen LogP contribution in [0.25, 0.3) is 0 Å². The normalized spacial score (nSPS) is 14.8. The third-order valence-electron chi connectivity index (χ3n) is 4.32. The molecule has 0 aliphatic heterocycles. The monoisotopic (exact) mass is 286 g/mol. The minimum atomic E-state index is -0.758. The van der Waals surface area contributed by atoms with Crippen LogP contribution < -0.4 is 5.32 Å². The molecule has 0 rings (SSSR count). The van der Waals surface area contributed by atoms with Crippen LogP contribution in [0.4, 0.5) is 0 Å². The van der Waals surface area contributed by atoms with Crippen molar-refractivity contribution in [1.29, 1.82) is 0 Å². The zero-order valence-electron chi connectivity index (χ0n) is 14.0. The van der Waals surface area contributed by atoms with Crippen molar-refractivity contribution in [1.82, 2.24) is 10.2 Å². The second-order valence-electron chi connectivity index (χ2n) is 5.93. The third kappa shape index (κ3) is 6.23. The van der Waals surface area contributed by atoms with E-state index in [4.69, 9.17) is 0 Å². The topological polar surface area (TPSA) is 52.6 Å². The Balaban J connectivity index is 4.30. The predicted octanol–water partition coefficient (Wildman–Crippen LogP) is 3.12. The van der Waals surface area contributed by atoms with Crippen LogP contribution in [0.3, 0.4) is 0 Å². The summed E-state index contributed by atoms with van der Waals surface area (Å²) < 4.78 is 0. The standard InChI is InChI=1S/C16H34N2O2/c1-6-8-9-12-18(14(3)4)13-10-11-16(7-2,17-5)15(19)20/h14,17H,6-13H2,1-5H3,(H,19,20). The van der Waals surface area contributed by atoms with Crippen LogP contribution in [0, 0.1) is 0 Å². The maximum atomic E-state index is 11.4. The number of unbranched alkanes of at least 4 members (excludes halogenated alkanes) is 2. The smallest absolute Gasteiger partial charge is 0.323 e. The van der Waals surface area contributed by atoms with E-state index in [1.54, 1.807) is 7.05 Å². The van der Waals surface area contributed by atoms with Crippen LogP contribution >= 0.6 is 0 Å². The lowest BCUT2D eigenvalue weighted by Crippen LogP contribution is -2.50. The first-order valence-electron chi connectivity index (χ1n) is 8.09. The highest BCUT2D eigenvalue weighted by Crippen LogP contribution is 2.18. The Morgan fingerprint density at radius 2 is 1.80 bits per heavy atom. The van der Waals surface area contributed by atoms with Crippen LogP contribution in [0.1, 0.15) is 66.2 Å². The number of carboxylic acids is 1. The Labute approximate surface area is 124 Å². The van der Waals surface area contributed by atoms with Crippen LogP contribution in [0.15, 0.2) is 0 Å². The molecule has 0 aliphatic carbocycles. The van der Waals surface area contributed by atoms with Crippen molar-refractivity contribution in [2.24, 2.45) is 0 Å². The number of nitrogens with one attached hydrogen (secondary N) is 1. The molecule has 0 saturated heterocycles. The zero-order chi connectivity index (χ0) is 15.6. The van der Waals surface area contributed by atoms with E-state index < -0.39 is 11.5 Å². The molecular formula is C16H34N2O2. The van der Waals surface area contributed by atoms with Crippen molar-refractivity contribution in [3.8, 4) is 0 Å². The molecule has 1 unspecified atom stereocenters. The largest absolute Gasteiger partial charge is 0.480 e. The molecule has 0 heterocycles. The van der Waals surface area contributed by atoms with Crippen molar-refractivity contribution in [3.63, 3.8) is 0 Å². The highest BCUT2D eigenvalue weighted by atomic mass is 16.4. The Hall–Kier alpha value is -0.610. The Morgan fingerprint density at radius 1 is 1.20 bits per heavy atom. The molecule has 0 amide bonds. The number of nitrogens with zero attached hydrogens (tertiary/aromatic N) is 1. The summed E-state index contributed by atoms with van der Waals surface area (Å²) in [6.07, 6.45) is 5.98. The molecule has 120 valence electrons. The van der Waals surface area contributed by atoms with Crippen LogP contribution in [0.2, 0.25) is 0 Å². The van der Waals surface area contributed by atoms with E-state index in [-0.39, 0.29) is 0 Å². The zero-order valence-corrected chi connectivity index (χ0v) is 14.0. The Morgan fingerprint density at radius 3 is 2.20 bits per heavy atom. The van der Waals surface area contributed by atoms with Crippen molar-refractivity contribution in [3.05, 3.63) is 0 Å². The summed E-state index contributed by atoms with van der Waals surface area (Å²) in [5.74, 6) is -0.732. The number of likely N-dealkylation sites (N-methyl/N-ethyl adjacent to an activating group) is 1. The maximum Gasteiger partial charge on any atom is 0.323 e. The molecule has 0 aromatic heterocycles. The molecule has 4 heteroatoms. The van der Waals surface area contributed by atoms with Gasteiger partial charge in [-0.1, -0.05) is 26.7 Å². The van der Waals surface area contributed by atoms with Crippen molar-refractivity contribution in [2.45, 2.75) is 77.8 Å². The van der Waals surface area contributed by atoms with Gasteiger partial charge in [0.15, 0.2) is 0 Å². The Kier molecular flexibility index (Phi) is 9.86. The quantitative estimate of drug-likeness (QED) is 0.541. The van der Waals surface area contributed by atoms with E-state index >= 15 is 0 Å². The van der Waals surface area contributed by atoms with Gasteiger partial charge in [-0.25, -0.2) is 0 Å². The summed E-state index contributed by atoms with van der Waals surface area (Å²) in [5, 5.41) is 12.4. The summed E-state index contributed by atoms with van der Waals surface area (Å²) >= 11 is 0. The first-order valence-corrected chi connectivity index (χ1v) is 8.09. The lowest BCUT2D eigenvalue weighted by atomic mass is 9.90. The number of carboxylic acid groups (broad SMARTS) is 1. The molecule has 2 N–H and O–H groups in total. The van der Waals surface area contributed by atoms with Gasteiger partial charge in [0.05, 0.1) is 0 Å². The molecule has 0 aromatic rings. The fraction of sp³-hybridized carbons (Fsp3) is 0.938. The van der Waals surface area contributed by atoms with Gasteiger partial charge in [0.25, 0.3) is 0 Å². The summed E-state index contributed by atoms with van der Waals surface area (Å²) in [7, 11) is 1.75. The summed E-state index contributed by atoms with van der Waals surface area (Å²) in [5.41, 5.74) is -0.758. The fourth-order valence-electron chi connectivity index (χ4n) is 2.62. The maximum absolute atomic E-state index is 11.4. The highest BCUT2D eigenvalue weighted by molar-refractivity contribution is 5.78. The molecule has 1 atom stereocenters. The lowest BCUT2D eigenvalue weighted by Gasteiger charge is -2.31. The first kappa shape index (κ1) is 19.4. The second-order valence-corrected chi connectivity index (χ2v) is 5.93. The van der Waals surface area contributed by atoms with Gasteiger partial charge in [0, 0.05) is 6.04 Å². The molecule has 0 saturated carbocycles. The van der Waals surface area contributed by atoms with Crippen molar-refractivity contribution in [2.75, 3.05) is 20.1 Å². The minimum Gasteiger partial charge on any atom is -0.480 e. The highest BCUT2D eigenvalue weighted by Gasteiger charge is 2.34. The number of rotatable bonds is 12. The average Bonchev–Trinajstić information content (AvgIpc) is 2.41. The van der Waals surface area contributed by atoms with Crippen LogP contribution in [0.5, 0.6) is 0 Å². The van der Waals surface area contributed by atoms with E-state index in [1.165, 1.54) is 19.3 Å². The van der Waals surface area contributed by atoms with Crippen molar-refractivity contribution >= 4 is 5.97 Å². The second kappa shape index (κ2) is 10.2. The van der Waals surface area contributed by atoms with Gasteiger partial charge in [0.1, 0.15) is 5.54 Å². The molecule has 0 radical (unpaired) electrons. The number of hydrogen-bond acceptors (Lipinski definition) is 3. The Bertz CT molecular complexity index is 263. The van der Waals surface area contributed by atoms with Gasteiger partial charge in [-0.15, -0.1) is 0 Å². The van der Waals surface area contributed by atoms with Crippen LogP contribution in [-0.4, -0.2) is 47.7 Å². The number of carbonyl (C=O) groups is 1. The summed E-state index contributed by atoms with van der Waals surface area (Å²) in [4.78, 5) is 13.9. The molecular weight excluding hydrogens is 252 g/mol. The SMILES string of the molecule is CCCCCN(CCCC(CC)(NC)C(=O)O)C(C)C. The van der Waals surface area contributed by atoms with Gasteiger partial charge in [-0.3, -0.25) is 4.79 Å².